The molecule has 0 aromatic heterocycles. The van der Waals surface area contributed by atoms with Crippen molar-refractivity contribution < 1.29 is 14.3 Å². The van der Waals surface area contributed by atoms with Crippen molar-refractivity contribution in [1.29, 1.82) is 0 Å². The van der Waals surface area contributed by atoms with Crippen molar-refractivity contribution in [2.45, 2.75) is 19.4 Å². The number of hydrogen-bond donors (Lipinski definition) is 1. The Morgan fingerprint density at radius 3 is 2.70 bits per heavy atom. The third-order valence-electron chi connectivity index (χ3n) is 5.54. The number of amides is 1. The van der Waals surface area contributed by atoms with Gasteiger partial charge in [-0.15, -0.1) is 0 Å². The summed E-state index contributed by atoms with van der Waals surface area (Å²) in [5.41, 5.74) is 3.14. The smallest absolute Gasteiger partial charge is 0.224 e. The first kappa shape index (κ1) is 20.8. The van der Waals surface area contributed by atoms with E-state index in [1.54, 1.807) is 6.07 Å². The number of halogens is 1. The number of carbonyl (C=O) groups is 1. The van der Waals surface area contributed by atoms with Crippen molar-refractivity contribution >= 4 is 23.2 Å². The average Bonchev–Trinajstić information content (AvgIpc) is 2.99. The molecule has 4 rings (SSSR count). The highest BCUT2D eigenvalue weighted by atomic mass is 35.5. The summed E-state index contributed by atoms with van der Waals surface area (Å²) in [5.74, 6) is 1.14. The van der Waals surface area contributed by atoms with Gasteiger partial charge in [0, 0.05) is 44.8 Å². The van der Waals surface area contributed by atoms with E-state index in [0.717, 1.165) is 43.7 Å². The van der Waals surface area contributed by atoms with E-state index in [4.69, 9.17) is 21.1 Å². The number of likely N-dealkylation sites (N-methyl/N-ethyl adjacent to an activating group) is 1. The lowest BCUT2D eigenvalue weighted by Gasteiger charge is -2.35. The molecule has 160 valence electrons. The molecule has 0 bridgehead atoms. The van der Waals surface area contributed by atoms with Gasteiger partial charge in [0.05, 0.1) is 24.7 Å². The maximum absolute atomic E-state index is 12.6. The zero-order chi connectivity index (χ0) is 20.9. The molecular weight excluding hydrogens is 402 g/mol. The van der Waals surface area contributed by atoms with Crippen LogP contribution in [0.2, 0.25) is 5.02 Å². The molecule has 2 aliphatic heterocycles. The third kappa shape index (κ3) is 4.99. The Hall–Kier alpha value is -2.44. The molecule has 2 heterocycles. The Morgan fingerprint density at radius 2 is 1.87 bits per heavy atom. The predicted octanol–water partition coefficient (Wildman–Crippen LogP) is 3.11. The third-order valence-corrected chi connectivity index (χ3v) is 5.82. The number of fused-ring (bicyclic) bond motifs is 1. The van der Waals surface area contributed by atoms with E-state index >= 15 is 0 Å². The van der Waals surface area contributed by atoms with Gasteiger partial charge >= 0.3 is 0 Å². The van der Waals surface area contributed by atoms with Crippen molar-refractivity contribution in [2.75, 3.05) is 51.3 Å². The molecule has 1 N–H and O–H groups in total. The van der Waals surface area contributed by atoms with Gasteiger partial charge in [-0.25, -0.2) is 0 Å². The van der Waals surface area contributed by atoms with Crippen molar-refractivity contribution in [3.05, 3.63) is 52.5 Å². The van der Waals surface area contributed by atoms with Crippen molar-refractivity contribution in [3.63, 3.8) is 0 Å². The fraction of sp³-hybridized carbons (Fsp3) is 0.435. The minimum Gasteiger partial charge on any atom is -0.489 e. The van der Waals surface area contributed by atoms with E-state index in [0.29, 0.717) is 36.3 Å². The number of hydrogen-bond acceptors (Lipinski definition) is 5. The van der Waals surface area contributed by atoms with Gasteiger partial charge in [0.1, 0.15) is 0 Å². The summed E-state index contributed by atoms with van der Waals surface area (Å²) in [6.45, 7) is 5.76. The van der Waals surface area contributed by atoms with Gasteiger partial charge in [-0.05, 0) is 36.4 Å². The molecule has 2 aromatic carbocycles. The Morgan fingerprint density at radius 1 is 1.10 bits per heavy atom. The highest BCUT2D eigenvalue weighted by molar-refractivity contribution is 6.32. The normalized spacial score (nSPS) is 16.8. The molecule has 0 aliphatic carbocycles. The molecule has 0 saturated carbocycles. The van der Waals surface area contributed by atoms with E-state index in [1.807, 2.05) is 12.1 Å². The van der Waals surface area contributed by atoms with Crippen LogP contribution in [0.3, 0.4) is 0 Å². The fourth-order valence-electron chi connectivity index (χ4n) is 3.84. The monoisotopic (exact) mass is 429 g/mol. The number of nitrogens with one attached hydrogen (secondary N) is 1. The van der Waals surface area contributed by atoms with Crippen LogP contribution in [-0.4, -0.2) is 57.2 Å². The molecule has 1 amide bonds. The second-order valence-electron chi connectivity index (χ2n) is 7.83. The van der Waals surface area contributed by atoms with Crippen LogP contribution in [-0.2, 0) is 17.8 Å². The number of nitrogens with zero attached hydrogens (tertiary/aromatic N) is 2. The molecule has 2 aromatic rings. The number of rotatable bonds is 5. The van der Waals surface area contributed by atoms with Gasteiger partial charge < -0.3 is 24.6 Å². The molecule has 2 aliphatic rings. The van der Waals surface area contributed by atoms with Gasteiger partial charge in [0.15, 0.2) is 11.5 Å². The lowest BCUT2D eigenvalue weighted by atomic mass is 10.1. The Kier molecular flexibility index (Phi) is 6.65. The van der Waals surface area contributed by atoms with E-state index < -0.39 is 0 Å². The summed E-state index contributed by atoms with van der Waals surface area (Å²) in [5, 5.41) is 3.54. The van der Waals surface area contributed by atoms with Crippen LogP contribution in [0.15, 0.2) is 36.4 Å². The largest absolute Gasteiger partial charge is 0.489 e. The minimum absolute atomic E-state index is 0.0475. The van der Waals surface area contributed by atoms with Crippen LogP contribution in [0.4, 0.5) is 5.69 Å². The summed E-state index contributed by atoms with van der Waals surface area (Å²) in [6, 6.07) is 11.9. The summed E-state index contributed by atoms with van der Waals surface area (Å²) < 4.78 is 11.4. The van der Waals surface area contributed by atoms with Crippen molar-refractivity contribution in [3.8, 4) is 11.5 Å². The fourth-order valence-corrected chi connectivity index (χ4v) is 4.13. The standard InChI is InChI=1S/C23H28ClN3O3/c1-26-7-9-27(10-8-26)20-6-3-2-5-18(20)16-25-22(28)15-17-13-19(24)23-21(14-17)29-11-4-12-30-23/h2-3,5-6,13-14H,4,7-12,15-16H2,1H3,(H,25,28). The molecular formula is C23H28ClN3O3. The van der Waals surface area contributed by atoms with Gasteiger partial charge in [-0.1, -0.05) is 29.8 Å². The zero-order valence-corrected chi connectivity index (χ0v) is 18.1. The first-order chi connectivity index (χ1) is 14.6. The molecule has 1 saturated heterocycles. The van der Waals surface area contributed by atoms with E-state index in [-0.39, 0.29) is 12.3 Å². The quantitative estimate of drug-likeness (QED) is 0.791. The van der Waals surface area contributed by atoms with Gasteiger partial charge in [0.2, 0.25) is 5.91 Å². The Bertz CT molecular complexity index is 897. The Balaban J connectivity index is 1.39. The number of piperazine rings is 1. The lowest BCUT2D eigenvalue weighted by molar-refractivity contribution is -0.120. The van der Waals surface area contributed by atoms with Gasteiger partial charge in [-0.3, -0.25) is 4.79 Å². The molecule has 1 fully saturated rings. The van der Waals surface area contributed by atoms with Crippen molar-refractivity contribution in [2.24, 2.45) is 0 Å². The van der Waals surface area contributed by atoms with Crippen LogP contribution in [0.25, 0.3) is 0 Å². The zero-order valence-electron chi connectivity index (χ0n) is 17.3. The molecule has 0 spiro atoms. The first-order valence-corrected chi connectivity index (χ1v) is 10.8. The molecule has 0 unspecified atom stereocenters. The van der Waals surface area contributed by atoms with E-state index in [9.17, 15) is 4.79 Å². The number of anilines is 1. The number of carbonyl (C=O) groups excluding carboxylic acids is 1. The topological polar surface area (TPSA) is 54.0 Å². The molecule has 30 heavy (non-hydrogen) atoms. The number of benzene rings is 2. The maximum atomic E-state index is 12.6. The lowest BCUT2D eigenvalue weighted by Crippen LogP contribution is -2.45. The predicted molar refractivity (Wildman–Crippen MR) is 119 cm³/mol. The average molecular weight is 430 g/mol. The van der Waals surface area contributed by atoms with Crippen LogP contribution in [0.5, 0.6) is 11.5 Å². The molecule has 0 radical (unpaired) electrons. The highest BCUT2D eigenvalue weighted by Gasteiger charge is 2.18. The SMILES string of the molecule is CN1CCN(c2ccccc2CNC(=O)Cc2cc(Cl)c3c(c2)OCCCO3)CC1. The Labute approximate surface area is 182 Å². The second-order valence-corrected chi connectivity index (χ2v) is 8.24. The highest BCUT2D eigenvalue weighted by Crippen LogP contribution is 2.38. The van der Waals surface area contributed by atoms with Crippen LogP contribution < -0.4 is 19.7 Å². The van der Waals surface area contributed by atoms with Crippen molar-refractivity contribution in [1.82, 2.24) is 10.2 Å². The molecule has 7 heteroatoms. The maximum Gasteiger partial charge on any atom is 0.224 e. The van der Waals surface area contributed by atoms with Gasteiger partial charge in [0.25, 0.3) is 0 Å². The summed E-state index contributed by atoms with van der Waals surface area (Å²) >= 11 is 6.35. The molecule has 6 nitrogen and oxygen atoms in total. The number of para-hydroxylation sites is 1. The number of ether oxygens (including phenoxy) is 2. The summed E-state index contributed by atoms with van der Waals surface area (Å²) in [6.07, 6.45) is 1.06. The minimum atomic E-state index is -0.0475. The second kappa shape index (κ2) is 9.58. The van der Waals surface area contributed by atoms with E-state index in [2.05, 4.69) is 40.4 Å². The summed E-state index contributed by atoms with van der Waals surface area (Å²) in [4.78, 5) is 17.3. The summed E-state index contributed by atoms with van der Waals surface area (Å²) in [7, 11) is 2.15. The van der Waals surface area contributed by atoms with Crippen LogP contribution in [0, 0.1) is 0 Å². The first-order valence-electron chi connectivity index (χ1n) is 10.5. The molecule has 0 atom stereocenters. The van der Waals surface area contributed by atoms with E-state index in [1.165, 1.54) is 5.69 Å². The van der Waals surface area contributed by atoms with Crippen LogP contribution in [0.1, 0.15) is 17.5 Å². The van der Waals surface area contributed by atoms with Crippen LogP contribution >= 0.6 is 11.6 Å². The van der Waals surface area contributed by atoms with Gasteiger partial charge in [-0.2, -0.15) is 0 Å².